The summed E-state index contributed by atoms with van der Waals surface area (Å²) in [5.74, 6) is 1.11. The van der Waals surface area contributed by atoms with Gasteiger partial charge in [-0.1, -0.05) is 57.8 Å². The Morgan fingerprint density at radius 3 is 2.51 bits per heavy atom. The fraction of sp³-hybridized carbons (Fsp3) is 0.192. The van der Waals surface area contributed by atoms with Gasteiger partial charge in [-0.15, -0.1) is 0 Å². The van der Waals surface area contributed by atoms with Gasteiger partial charge in [-0.05, 0) is 48.0 Å². The molecule has 3 aromatic carbocycles. The number of rotatable bonds is 7. The average molecular weight is 603 g/mol. The third kappa shape index (κ3) is 5.62. The fourth-order valence-electron chi connectivity index (χ4n) is 3.50. The SMILES string of the molecule is COc1cc(Br)cc(C=Nn2c(C(C)C)nc3ccc(Br)cc3c2=O)c1OCc1ccc(F)cc1. The summed E-state index contributed by atoms with van der Waals surface area (Å²) >= 11 is 6.90. The Bertz CT molecular complexity index is 1470. The Kier molecular flexibility index (Phi) is 7.66. The molecule has 0 unspecified atom stereocenters. The van der Waals surface area contributed by atoms with E-state index < -0.39 is 0 Å². The number of fused-ring (bicyclic) bond motifs is 1. The van der Waals surface area contributed by atoms with Crippen molar-refractivity contribution < 1.29 is 13.9 Å². The first-order valence-corrected chi connectivity index (χ1v) is 12.4. The Balaban J connectivity index is 1.78. The van der Waals surface area contributed by atoms with Gasteiger partial charge in [-0.3, -0.25) is 4.79 Å². The van der Waals surface area contributed by atoms with Gasteiger partial charge < -0.3 is 9.47 Å². The van der Waals surface area contributed by atoms with Crippen LogP contribution in [0.5, 0.6) is 11.5 Å². The molecule has 0 radical (unpaired) electrons. The van der Waals surface area contributed by atoms with E-state index >= 15 is 0 Å². The second-order valence-electron chi connectivity index (χ2n) is 8.09. The maximum absolute atomic E-state index is 13.3. The molecular weight excluding hydrogens is 581 g/mol. The van der Waals surface area contributed by atoms with Gasteiger partial charge in [0.05, 0.1) is 24.2 Å². The fourth-order valence-corrected chi connectivity index (χ4v) is 4.31. The van der Waals surface area contributed by atoms with E-state index in [0.717, 1.165) is 14.5 Å². The van der Waals surface area contributed by atoms with E-state index in [9.17, 15) is 9.18 Å². The van der Waals surface area contributed by atoms with Gasteiger partial charge in [0, 0.05) is 20.4 Å². The predicted molar refractivity (Wildman–Crippen MR) is 142 cm³/mol. The van der Waals surface area contributed by atoms with Crippen LogP contribution in [0.2, 0.25) is 0 Å². The minimum absolute atomic E-state index is 0.0425. The van der Waals surface area contributed by atoms with Crippen molar-refractivity contribution in [3.05, 3.63) is 96.7 Å². The summed E-state index contributed by atoms with van der Waals surface area (Å²) < 4.78 is 27.7. The minimum Gasteiger partial charge on any atom is -0.493 e. The number of nitrogens with zero attached hydrogens (tertiary/aromatic N) is 3. The molecule has 0 amide bonds. The zero-order valence-electron chi connectivity index (χ0n) is 19.3. The van der Waals surface area contributed by atoms with E-state index in [1.54, 1.807) is 43.7 Å². The molecule has 4 aromatic rings. The van der Waals surface area contributed by atoms with E-state index in [1.807, 2.05) is 26.0 Å². The van der Waals surface area contributed by atoms with Crippen molar-refractivity contribution in [2.45, 2.75) is 26.4 Å². The van der Waals surface area contributed by atoms with Gasteiger partial charge in [-0.25, -0.2) is 9.37 Å². The third-order valence-electron chi connectivity index (χ3n) is 5.23. The van der Waals surface area contributed by atoms with Gasteiger partial charge in [0.1, 0.15) is 18.2 Å². The maximum Gasteiger partial charge on any atom is 0.282 e. The molecule has 0 bridgehead atoms. The van der Waals surface area contributed by atoms with E-state index in [2.05, 4.69) is 41.9 Å². The first kappa shape index (κ1) is 25.1. The first-order chi connectivity index (χ1) is 16.8. The Morgan fingerprint density at radius 2 is 1.83 bits per heavy atom. The molecule has 1 aromatic heterocycles. The standard InChI is InChI=1S/C26H22Br2FN3O3/c1-15(2)25-31-22-9-6-18(27)11-21(22)26(33)32(25)30-13-17-10-19(28)12-23(34-3)24(17)35-14-16-4-7-20(29)8-5-16/h4-13,15H,14H2,1-3H3. The van der Waals surface area contributed by atoms with Crippen molar-refractivity contribution in [3.8, 4) is 11.5 Å². The molecule has 1 heterocycles. The predicted octanol–water partition coefficient (Wildman–Crippen LogP) is 6.65. The largest absolute Gasteiger partial charge is 0.493 e. The van der Waals surface area contributed by atoms with Crippen LogP contribution in [-0.4, -0.2) is 23.0 Å². The quantitative estimate of drug-likeness (QED) is 0.222. The monoisotopic (exact) mass is 601 g/mol. The molecule has 0 aliphatic carbocycles. The van der Waals surface area contributed by atoms with E-state index in [1.165, 1.54) is 16.8 Å². The van der Waals surface area contributed by atoms with Crippen molar-refractivity contribution in [2.75, 3.05) is 7.11 Å². The van der Waals surface area contributed by atoms with Gasteiger partial charge >= 0.3 is 0 Å². The Hall–Kier alpha value is -3.04. The van der Waals surface area contributed by atoms with Crippen LogP contribution in [-0.2, 0) is 6.61 Å². The van der Waals surface area contributed by atoms with Gasteiger partial charge in [0.2, 0.25) is 0 Å². The van der Waals surface area contributed by atoms with Crippen LogP contribution in [0.15, 0.2) is 73.4 Å². The molecule has 0 saturated carbocycles. The van der Waals surface area contributed by atoms with Crippen LogP contribution in [0.1, 0.15) is 36.7 Å². The smallest absolute Gasteiger partial charge is 0.282 e. The summed E-state index contributed by atoms with van der Waals surface area (Å²) in [7, 11) is 1.54. The average Bonchev–Trinajstić information content (AvgIpc) is 2.83. The van der Waals surface area contributed by atoms with E-state index in [0.29, 0.717) is 33.8 Å². The normalized spacial score (nSPS) is 11.5. The Labute approximate surface area is 218 Å². The van der Waals surface area contributed by atoms with Crippen LogP contribution in [0.3, 0.4) is 0 Å². The zero-order valence-corrected chi connectivity index (χ0v) is 22.4. The number of benzene rings is 3. The highest BCUT2D eigenvalue weighted by molar-refractivity contribution is 9.10. The first-order valence-electron chi connectivity index (χ1n) is 10.8. The number of hydrogen-bond acceptors (Lipinski definition) is 5. The summed E-state index contributed by atoms with van der Waals surface area (Å²) in [6.45, 7) is 4.11. The minimum atomic E-state index is -0.315. The maximum atomic E-state index is 13.3. The summed E-state index contributed by atoms with van der Waals surface area (Å²) in [5.41, 5.74) is 1.73. The lowest BCUT2D eigenvalue weighted by atomic mass is 10.2. The molecule has 180 valence electrons. The number of hydrogen-bond donors (Lipinski definition) is 0. The van der Waals surface area contributed by atoms with Crippen LogP contribution in [0, 0.1) is 5.82 Å². The summed E-state index contributed by atoms with van der Waals surface area (Å²) in [6, 6.07) is 15.1. The van der Waals surface area contributed by atoms with Crippen molar-refractivity contribution in [1.29, 1.82) is 0 Å². The molecular formula is C26H22Br2FN3O3. The topological polar surface area (TPSA) is 65.7 Å². The molecule has 6 nitrogen and oxygen atoms in total. The highest BCUT2D eigenvalue weighted by Gasteiger charge is 2.16. The van der Waals surface area contributed by atoms with E-state index in [4.69, 9.17) is 9.47 Å². The lowest BCUT2D eigenvalue weighted by molar-refractivity contribution is 0.284. The number of aromatic nitrogens is 2. The number of halogens is 3. The summed E-state index contributed by atoms with van der Waals surface area (Å²) in [4.78, 5) is 18.0. The van der Waals surface area contributed by atoms with Crippen molar-refractivity contribution in [1.82, 2.24) is 9.66 Å². The van der Waals surface area contributed by atoms with Crippen molar-refractivity contribution >= 4 is 49.0 Å². The highest BCUT2D eigenvalue weighted by atomic mass is 79.9. The highest BCUT2D eigenvalue weighted by Crippen LogP contribution is 2.34. The lowest BCUT2D eigenvalue weighted by Crippen LogP contribution is -2.23. The van der Waals surface area contributed by atoms with E-state index in [-0.39, 0.29) is 23.9 Å². The lowest BCUT2D eigenvalue weighted by Gasteiger charge is -2.15. The number of methoxy groups -OCH3 is 1. The second kappa shape index (κ2) is 10.7. The van der Waals surface area contributed by atoms with Crippen molar-refractivity contribution in [2.24, 2.45) is 5.10 Å². The van der Waals surface area contributed by atoms with Crippen LogP contribution in [0.4, 0.5) is 4.39 Å². The third-order valence-corrected chi connectivity index (χ3v) is 6.18. The molecule has 0 spiro atoms. The molecule has 0 N–H and O–H groups in total. The van der Waals surface area contributed by atoms with Gasteiger partial charge in [0.15, 0.2) is 11.5 Å². The van der Waals surface area contributed by atoms with Crippen LogP contribution < -0.4 is 15.0 Å². The Morgan fingerprint density at radius 1 is 1.09 bits per heavy atom. The zero-order chi connectivity index (χ0) is 25.1. The molecule has 0 aliphatic heterocycles. The van der Waals surface area contributed by atoms with Crippen molar-refractivity contribution in [3.63, 3.8) is 0 Å². The van der Waals surface area contributed by atoms with Gasteiger partial charge in [0.25, 0.3) is 5.56 Å². The van der Waals surface area contributed by atoms with Crippen LogP contribution in [0.25, 0.3) is 10.9 Å². The second-order valence-corrected chi connectivity index (χ2v) is 9.92. The summed E-state index contributed by atoms with van der Waals surface area (Å²) in [6.07, 6.45) is 1.55. The summed E-state index contributed by atoms with van der Waals surface area (Å²) in [5, 5.41) is 4.97. The molecule has 0 atom stereocenters. The molecule has 0 saturated heterocycles. The van der Waals surface area contributed by atoms with Crippen LogP contribution >= 0.6 is 31.9 Å². The molecule has 0 aliphatic rings. The molecule has 9 heteroatoms. The molecule has 35 heavy (non-hydrogen) atoms. The molecule has 0 fully saturated rings. The molecule has 4 rings (SSSR count). The van der Waals surface area contributed by atoms with Gasteiger partial charge in [-0.2, -0.15) is 9.78 Å². The number of ether oxygens (including phenoxy) is 2.